The van der Waals surface area contributed by atoms with Crippen molar-refractivity contribution in [1.29, 1.82) is 0 Å². The lowest BCUT2D eigenvalue weighted by atomic mass is 10.3. The molecule has 1 aromatic heterocycles. The lowest BCUT2D eigenvalue weighted by Gasteiger charge is -2.03. The van der Waals surface area contributed by atoms with Crippen LogP contribution in [0.2, 0.25) is 5.02 Å². The Morgan fingerprint density at radius 3 is 2.67 bits per heavy atom. The predicted octanol–water partition coefficient (Wildman–Crippen LogP) is 4.04. The summed E-state index contributed by atoms with van der Waals surface area (Å²) < 4.78 is 25.1. The normalized spacial score (nSPS) is 10.8. The Balaban J connectivity index is 3.23. The number of pyridine rings is 1. The molecule has 1 aromatic rings. The predicted molar refractivity (Wildman–Crippen MR) is 54.6 cm³/mol. The Kier molecular flexibility index (Phi) is 3.66. The minimum atomic E-state index is -2.55. The van der Waals surface area contributed by atoms with Crippen LogP contribution in [0.15, 0.2) is 10.7 Å². The van der Waals surface area contributed by atoms with Crippen molar-refractivity contribution >= 4 is 50.1 Å². The minimum Gasteiger partial charge on any atom is -0.233 e. The van der Waals surface area contributed by atoms with Gasteiger partial charge >= 0.3 is 0 Å². The summed E-state index contributed by atoms with van der Waals surface area (Å²) in [6.07, 6.45) is -2.55. The molecule has 0 spiro atoms. The standard InChI is InChI=1S/C6H2BrClF2IN/c7-4-2(5(9)10)1-3(8)6(11)12-4/h1,5H. The maximum Gasteiger partial charge on any atom is 0.266 e. The summed E-state index contributed by atoms with van der Waals surface area (Å²) in [5, 5.41) is 0.245. The fourth-order valence-corrected chi connectivity index (χ4v) is 1.97. The third-order valence-electron chi connectivity index (χ3n) is 1.15. The number of nitrogens with zero attached hydrogens (tertiary/aromatic N) is 1. The van der Waals surface area contributed by atoms with E-state index in [0.717, 1.165) is 0 Å². The van der Waals surface area contributed by atoms with Crippen LogP contribution < -0.4 is 0 Å². The van der Waals surface area contributed by atoms with Gasteiger partial charge in [0.15, 0.2) is 0 Å². The molecule has 0 N–H and O–H groups in total. The van der Waals surface area contributed by atoms with E-state index in [4.69, 9.17) is 11.6 Å². The van der Waals surface area contributed by atoms with E-state index in [1.165, 1.54) is 6.07 Å². The number of alkyl halides is 2. The van der Waals surface area contributed by atoms with Gasteiger partial charge < -0.3 is 0 Å². The monoisotopic (exact) mass is 367 g/mol. The first kappa shape index (κ1) is 10.6. The molecule has 0 fully saturated rings. The average Bonchev–Trinajstić information content (AvgIpc) is 1.96. The van der Waals surface area contributed by atoms with Gasteiger partial charge in [-0.05, 0) is 44.6 Å². The first-order valence-electron chi connectivity index (χ1n) is 2.82. The highest BCUT2D eigenvalue weighted by Crippen LogP contribution is 2.30. The van der Waals surface area contributed by atoms with E-state index in [0.29, 0.717) is 3.70 Å². The van der Waals surface area contributed by atoms with E-state index < -0.39 is 6.43 Å². The summed E-state index contributed by atoms with van der Waals surface area (Å²) >= 11 is 10.4. The van der Waals surface area contributed by atoms with Gasteiger partial charge in [0.05, 0.1) is 10.6 Å². The molecule has 0 atom stereocenters. The fraction of sp³-hybridized carbons (Fsp3) is 0.167. The Morgan fingerprint density at radius 1 is 1.58 bits per heavy atom. The number of aromatic nitrogens is 1. The molecule has 6 heteroatoms. The molecule has 1 heterocycles. The highest BCUT2D eigenvalue weighted by Gasteiger charge is 2.14. The van der Waals surface area contributed by atoms with Crippen LogP contribution in [0.4, 0.5) is 8.78 Å². The summed E-state index contributed by atoms with van der Waals surface area (Å²) in [5.41, 5.74) is -0.180. The Morgan fingerprint density at radius 2 is 2.17 bits per heavy atom. The zero-order valence-electron chi connectivity index (χ0n) is 5.49. The lowest BCUT2D eigenvalue weighted by Crippen LogP contribution is -1.92. The van der Waals surface area contributed by atoms with Crippen molar-refractivity contribution in [1.82, 2.24) is 4.98 Å². The second-order valence-electron chi connectivity index (χ2n) is 1.94. The Labute approximate surface area is 94.8 Å². The van der Waals surface area contributed by atoms with E-state index in [9.17, 15) is 8.78 Å². The number of rotatable bonds is 1. The zero-order valence-corrected chi connectivity index (χ0v) is 9.99. The van der Waals surface area contributed by atoms with Crippen molar-refractivity contribution < 1.29 is 8.78 Å². The number of hydrogen-bond donors (Lipinski definition) is 0. The molecule has 0 aliphatic heterocycles. The van der Waals surface area contributed by atoms with E-state index in [1.54, 1.807) is 0 Å². The van der Waals surface area contributed by atoms with Crippen LogP contribution in [-0.2, 0) is 0 Å². The van der Waals surface area contributed by atoms with Gasteiger partial charge in [-0.2, -0.15) is 0 Å². The molecule has 0 aliphatic carbocycles. The Bertz CT molecular complexity index is 308. The van der Waals surface area contributed by atoms with Crippen LogP contribution in [0.5, 0.6) is 0 Å². The molecule has 66 valence electrons. The number of hydrogen-bond acceptors (Lipinski definition) is 1. The number of halogens is 5. The summed E-state index contributed by atoms with van der Waals surface area (Å²) in [7, 11) is 0. The van der Waals surface area contributed by atoms with E-state index in [-0.39, 0.29) is 15.2 Å². The van der Waals surface area contributed by atoms with Gasteiger partial charge in [-0.3, -0.25) is 0 Å². The third kappa shape index (κ3) is 2.26. The zero-order chi connectivity index (χ0) is 9.30. The van der Waals surface area contributed by atoms with Gasteiger partial charge in [-0.1, -0.05) is 11.6 Å². The molecular weight excluding hydrogens is 366 g/mol. The molecule has 1 rings (SSSR count). The van der Waals surface area contributed by atoms with Crippen LogP contribution >= 0.6 is 50.1 Å². The molecule has 0 amide bonds. The van der Waals surface area contributed by atoms with Gasteiger partial charge in [-0.25, -0.2) is 13.8 Å². The molecule has 0 unspecified atom stereocenters. The Hall–Kier alpha value is 0.510. The smallest absolute Gasteiger partial charge is 0.233 e. The summed E-state index contributed by atoms with van der Waals surface area (Å²) in [6.45, 7) is 0. The van der Waals surface area contributed by atoms with Crippen LogP contribution in [0.25, 0.3) is 0 Å². The second kappa shape index (κ2) is 4.15. The van der Waals surface area contributed by atoms with Crippen molar-refractivity contribution in [2.45, 2.75) is 6.43 Å². The van der Waals surface area contributed by atoms with Gasteiger partial charge in [0, 0.05) is 0 Å². The molecule has 0 bridgehead atoms. The van der Waals surface area contributed by atoms with E-state index in [2.05, 4.69) is 20.9 Å². The maximum atomic E-state index is 12.2. The maximum absolute atomic E-state index is 12.2. The van der Waals surface area contributed by atoms with E-state index in [1.807, 2.05) is 22.6 Å². The minimum absolute atomic E-state index is 0.145. The SMILES string of the molecule is FC(F)c1cc(Cl)c(I)nc1Br. The molecular formula is C6H2BrClF2IN. The second-order valence-corrected chi connectivity index (χ2v) is 4.12. The van der Waals surface area contributed by atoms with E-state index >= 15 is 0 Å². The van der Waals surface area contributed by atoms with Crippen molar-refractivity contribution in [3.05, 3.63) is 25.0 Å². The average molecular weight is 368 g/mol. The van der Waals surface area contributed by atoms with Crippen LogP contribution in [0.3, 0.4) is 0 Å². The fourth-order valence-electron chi connectivity index (χ4n) is 0.613. The topological polar surface area (TPSA) is 12.9 Å². The first-order valence-corrected chi connectivity index (χ1v) is 5.07. The van der Waals surface area contributed by atoms with Crippen LogP contribution in [-0.4, -0.2) is 4.98 Å². The molecule has 0 aliphatic rings. The van der Waals surface area contributed by atoms with Gasteiger partial charge in [0.1, 0.15) is 8.30 Å². The van der Waals surface area contributed by atoms with Crippen LogP contribution in [0.1, 0.15) is 12.0 Å². The molecule has 0 saturated carbocycles. The third-order valence-corrected chi connectivity index (χ3v) is 3.21. The molecule has 12 heavy (non-hydrogen) atoms. The van der Waals surface area contributed by atoms with Gasteiger partial charge in [-0.15, -0.1) is 0 Å². The van der Waals surface area contributed by atoms with Crippen molar-refractivity contribution in [2.24, 2.45) is 0 Å². The van der Waals surface area contributed by atoms with Crippen molar-refractivity contribution in [3.8, 4) is 0 Å². The summed E-state index contributed by atoms with van der Waals surface area (Å²) in [6, 6.07) is 1.21. The van der Waals surface area contributed by atoms with Crippen LogP contribution in [0, 0.1) is 3.70 Å². The molecule has 0 radical (unpaired) electrons. The summed E-state index contributed by atoms with van der Waals surface area (Å²) in [5.74, 6) is 0. The highest BCUT2D eigenvalue weighted by atomic mass is 127. The highest BCUT2D eigenvalue weighted by molar-refractivity contribution is 14.1. The van der Waals surface area contributed by atoms with Crippen molar-refractivity contribution in [3.63, 3.8) is 0 Å². The quantitative estimate of drug-likeness (QED) is 0.539. The van der Waals surface area contributed by atoms with Gasteiger partial charge in [0.2, 0.25) is 0 Å². The first-order chi connectivity index (χ1) is 5.52. The molecule has 0 saturated heterocycles. The van der Waals surface area contributed by atoms with Gasteiger partial charge in [0.25, 0.3) is 6.43 Å². The molecule has 0 aromatic carbocycles. The van der Waals surface area contributed by atoms with Crippen molar-refractivity contribution in [2.75, 3.05) is 0 Å². The summed E-state index contributed by atoms with van der Waals surface area (Å²) in [4.78, 5) is 3.79. The largest absolute Gasteiger partial charge is 0.266 e. The molecule has 1 nitrogen and oxygen atoms in total. The lowest BCUT2D eigenvalue weighted by molar-refractivity contribution is 0.150.